The Kier molecular flexibility index (Phi) is 2.86. The van der Waals surface area contributed by atoms with E-state index in [1.54, 1.807) is 7.11 Å². The molecule has 4 heteroatoms. The first-order valence-corrected chi connectivity index (χ1v) is 6.50. The monoisotopic (exact) mass is 267 g/mol. The molecule has 0 bridgehead atoms. The van der Waals surface area contributed by atoms with Crippen LogP contribution in [-0.2, 0) is 0 Å². The maximum absolute atomic E-state index is 6.11. The summed E-state index contributed by atoms with van der Waals surface area (Å²) in [6.07, 6.45) is 0. The van der Waals surface area contributed by atoms with Crippen LogP contribution in [0.1, 0.15) is 11.1 Å². The van der Waals surface area contributed by atoms with Gasteiger partial charge in [-0.3, -0.25) is 4.57 Å². The van der Waals surface area contributed by atoms with Crippen molar-refractivity contribution in [3.05, 3.63) is 47.5 Å². The third kappa shape index (κ3) is 1.90. The highest BCUT2D eigenvalue weighted by atomic mass is 16.5. The van der Waals surface area contributed by atoms with Crippen LogP contribution in [0.4, 0.5) is 5.95 Å². The minimum absolute atomic E-state index is 0.467. The van der Waals surface area contributed by atoms with Crippen molar-refractivity contribution < 1.29 is 4.74 Å². The maximum atomic E-state index is 6.11. The van der Waals surface area contributed by atoms with Crippen molar-refractivity contribution in [1.82, 2.24) is 9.55 Å². The number of rotatable bonds is 2. The van der Waals surface area contributed by atoms with Gasteiger partial charge < -0.3 is 10.5 Å². The molecule has 2 aromatic carbocycles. The molecule has 0 spiro atoms. The van der Waals surface area contributed by atoms with Gasteiger partial charge in [0.2, 0.25) is 5.95 Å². The predicted octanol–water partition coefficient (Wildman–Crippen LogP) is 3.23. The first-order chi connectivity index (χ1) is 9.60. The van der Waals surface area contributed by atoms with Crippen LogP contribution < -0.4 is 10.5 Å². The van der Waals surface area contributed by atoms with Gasteiger partial charge in [-0.1, -0.05) is 12.1 Å². The second-order valence-electron chi connectivity index (χ2n) is 4.98. The van der Waals surface area contributed by atoms with Gasteiger partial charge in [0.1, 0.15) is 11.3 Å². The predicted molar refractivity (Wildman–Crippen MR) is 81.5 cm³/mol. The highest BCUT2D eigenvalue weighted by molar-refractivity contribution is 5.86. The first-order valence-electron chi connectivity index (χ1n) is 6.50. The number of benzene rings is 2. The number of hydrogen-bond donors (Lipinski definition) is 1. The highest BCUT2D eigenvalue weighted by Crippen LogP contribution is 2.29. The summed E-state index contributed by atoms with van der Waals surface area (Å²) in [5, 5.41) is 0. The molecule has 20 heavy (non-hydrogen) atoms. The van der Waals surface area contributed by atoms with Crippen LogP contribution in [0.3, 0.4) is 0 Å². The van der Waals surface area contributed by atoms with Gasteiger partial charge in [-0.25, -0.2) is 4.98 Å². The van der Waals surface area contributed by atoms with Gasteiger partial charge in [-0.05, 0) is 49.2 Å². The number of nitrogen functional groups attached to an aromatic ring is 1. The van der Waals surface area contributed by atoms with Crippen LogP contribution >= 0.6 is 0 Å². The molecule has 1 heterocycles. The van der Waals surface area contributed by atoms with Gasteiger partial charge in [0.25, 0.3) is 0 Å². The largest absolute Gasteiger partial charge is 0.494 e. The van der Waals surface area contributed by atoms with Crippen molar-refractivity contribution in [2.24, 2.45) is 0 Å². The molecule has 2 N–H and O–H groups in total. The second-order valence-corrected chi connectivity index (χ2v) is 4.98. The molecule has 4 nitrogen and oxygen atoms in total. The fraction of sp³-hybridized carbons (Fsp3) is 0.188. The minimum Gasteiger partial charge on any atom is -0.494 e. The van der Waals surface area contributed by atoms with Crippen LogP contribution in [0.15, 0.2) is 36.4 Å². The molecule has 0 atom stereocenters. The normalized spacial score (nSPS) is 10.9. The van der Waals surface area contributed by atoms with E-state index in [2.05, 4.69) is 37.0 Å². The molecule has 0 saturated carbocycles. The molecule has 0 radical (unpaired) electrons. The zero-order chi connectivity index (χ0) is 14.3. The Morgan fingerprint density at radius 1 is 1.10 bits per heavy atom. The van der Waals surface area contributed by atoms with E-state index >= 15 is 0 Å². The van der Waals surface area contributed by atoms with Crippen LogP contribution in [0, 0.1) is 13.8 Å². The van der Waals surface area contributed by atoms with Gasteiger partial charge >= 0.3 is 0 Å². The molecule has 0 aliphatic rings. The SMILES string of the molecule is COc1cccc2c1nc(N)n2-c1cc(C)cc(C)c1. The Labute approximate surface area is 117 Å². The second kappa shape index (κ2) is 4.56. The molecule has 3 rings (SSSR count). The number of ether oxygens (including phenoxy) is 1. The Morgan fingerprint density at radius 3 is 2.45 bits per heavy atom. The van der Waals surface area contributed by atoms with E-state index in [0.717, 1.165) is 22.5 Å². The summed E-state index contributed by atoms with van der Waals surface area (Å²) in [5.41, 5.74) is 11.3. The van der Waals surface area contributed by atoms with E-state index < -0.39 is 0 Å². The number of methoxy groups -OCH3 is 1. The van der Waals surface area contributed by atoms with E-state index in [1.165, 1.54) is 11.1 Å². The Bertz CT molecular complexity index is 770. The smallest absolute Gasteiger partial charge is 0.206 e. The number of aromatic nitrogens is 2. The fourth-order valence-corrected chi connectivity index (χ4v) is 2.61. The molecular weight excluding hydrogens is 250 g/mol. The van der Waals surface area contributed by atoms with Gasteiger partial charge in [-0.15, -0.1) is 0 Å². The summed E-state index contributed by atoms with van der Waals surface area (Å²) in [7, 11) is 1.64. The number of imidazole rings is 1. The van der Waals surface area contributed by atoms with Crippen LogP contribution in [0.5, 0.6) is 5.75 Å². The van der Waals surface area contributed by atoms with E-state index in [0.29, 0.717) is 5.95 Å². The fourth-order valence-electron chi connectivity index (χ4n) is 2.61. The lowest BCUT2D eigenvalue weighted by Gasteiger charge is -2.09. The molecule has 1 aromatic heterocycles. The molecular formula is C16H17N3O. The van der Waals surface area contributed by atoms with Gasteiger partial charge in [0.15, 0.2) is 0 Å². The van der Waals surface area contributed by atoms with Crippen LogP contribution in [-0.4, -0.2) is 16.7 Å². The van der Waals surface area contributed by atoms with Crippen molar-refractivity contribution >= 4 is 17.0 Å². The first kappa shape index (κ1) is 12.5. The van der Waals surface area contributed by atoms with Crippen LogP contribution in [0.25, 0.3) is 16.7 Å². The number of fused-ring (bicyclic) bond motifs is 1. The summed E-state index contributed by atoms with van der Waals surface area (Å²) in [4.78, 5) is 4.44. The standard InChI is InChI=1S/C16H17N3O/c1-10-7-11(2)9-12(8-10)19-13-5-4-6-14(20-3)15(13)18-16(19)17/h4-9H,1-3H3,(H2,17,18). The Morgan fingerprint density at radius 2 is 1.80 bits per heavy atom. The molecule has 0 aliphatic heterocycles. The van der Waals surface area contributed by atoms with Crippen LogP contribution in [0.2, 0.25) is 0 Å². The topological polar surface area (TPSA) is 53.1 Å². The molecule has 102 valence electrons. The van der Waals surface area contributed by atoms with Crippen molar-refractivity contribution in [2.45, 2.75) is 13.8 Å². The zero-order valence-corrected chi connectivity index (χ0v) is 11.8. The van der Waals surface area contributed by atoms with Gasteiger partial charge in [0, 0.05) is 5.69 Å². The zero-order valence-electron chi connectivity index (χ0n) is 11.8. The maximum Gasteiger partial charge on any atom is 0.206 e. The van der Waals surface area contributed by atoms with E-state index in [1.807, 2.05) is 22.8 Å². The number of aryl methyl sites for hydroxylation is 2. The lowest BCUT2D eigenvalue weighted by Crippen LogP contribution is -2.01. The third-order valence-electron chi connectivity index (χ3n) is 3.36. The van der Waals surface area contributed by atoms with E-state index in [-0.39, 0.29) is 0 Å². The summed E-state index contributed by atoms with van der Waals surface area (Å²) in [6.45, 7) is 4.15. The molecule has 0 saturated heterocycles. The summed E-state index contributed by atoms with van der Waals surface area (Å²) in [5.74, 6) is 1.20. The van der Waals surface area contributed by atoms with Gasteiger partial charge in [0.05, 0.1) is 12.6 Å². The number of para-hydroxylation sites is 1. The molecule has 0 fully saturated rings. The summed E-state index contributed by atoms with van der Waals surface area (Å²) in [6, 6.07) is 12.2. The molecule has 3 aromatic rings. The number of hydrogen-bond acceptors (Lipinski definition) is 3. The minimum atomic E-state index is 0.467. The van der Waals surface area contributed by atoms with Crippen molar-refractivity contribution in [3.8, 4) is 11.4 Å². The van der Waals surface area contributed by atoms with Crippen molar-refractivity contribution in [3.63, 3.8) is 0 Å². The van der Waals surface area contributed by atoms with E-state index in [4.69, 9.17) is 10.5 Å². The average Bonchev–Trinajstić information content (AvgIpc) is 2.73. The Balaban J connectivity index is 2.33. The lowest BCUT2D eigenvalue weighted by atomic mass is 10.1. The number of nitrogens with zero attached hydrogens (tertiary/aromatic N) is 2. The quantitative estimate of drug-likeness (QED) is 0.775. The molecule has 0 aliphatic carbocycles. The molecule has 0 amide bonds. The third-order valence-corrected chi connectivity index (χ3v) is 3.36. The number of anilines is 1. The van der Waals surface area contributed by atoms with Crippen molar-refractivity contribution in [1.29, 1.82) is 0 Å². The summed E-state index contributed by atoms with van der Waals surface area (Å²) < 4.78 is 7.30. The summed E-state index contributed by atoms with van der Waals surface area (Å²) >= 11 is 0. The average molecular weight is 267 g/mol. The van der Waals surface area contributed by atoms with Crippen molar-refractivity contribution in [2.75, 3.05) is 12.8 Å². The molecule has 0 unspecified atom stereocenters. The highest BCUT2D eigenvalue weighted by Gasteiger charge is 2.13. The lowest BCUT2D eigenvalue weighted by molar-refractivity contribution is 0.419. The number of nitrogens with two attached hydrogens (primary N) is 1. The Hall–Kier alpha value is -2.49. The van der Waals surface area contributed by atoms with E-state index in [9.17, 15) is 0 Å². The van der Waals surface area contributed by atoms with Gasteiger partial charge in [-0.2, -0.15) is 0 Å².